The molecule has 1 atom stereocenters. The van der Waals surface area contributed by atoms with E-state index in [1.807, 2.05) is 0 Å². The lowest BCUT2D eigenvalue weighted by Crippen LogP contribution is -2.30. The van der Waals surface area contributed by atoms with Crippen molar-refractivity contribution in [1.29, 1.82) is 0 Å². The van der Waals surface area contributed by atoms with E-state index in [0.29, 0.717) is 19.3 Å². The van der Waals surface area contributed by atoms with Gasteiger partial charge in [-0.25, -0.2) is 0 Å². The van der Waals surface area contributed by atoms with Crippen molar-refractivity contribution in [1.82, 2.24) is 0 Å². The molecule has 0 aliphatic carbocycles. The number of allylic oxidation sites excluding steroid dienone is 8. The molecule has 6 nitrogen and oxygen atoms in total. The van der Waals surface area contributed by atoms with Gasteiger partial charge in [0, 0.05) is 19.3 Å². The molecule has 0 radical (unpaired) electrons. The molecule has 0 N–H and O–H groups in total. The Balaban J connectivity index is 4.37. The van der Waals surface area contributed by atoms with Crippen molar-refractivity contribution in [2.45, 2.75) is 316 Å². The van der Waals surface area contributed by atoms with E-state index in [4.69, 9.17) is 14.2 Å². The van der Waals surface area contributed by atoms with Crippen molar-refractivity contribution in [2.24, 2.45) is 0 Å². The Labute approximate surface area is 422 Å². The van der Waals surface area contributed by atoms with Gasteiger partial charge in [-0.2, -0.15) is 0 Å². The van der Waals surface area contributed by atoms with Crippen LogP contribution in [-0.2, 0) is 28.6 Å². The second-order valence-corrected chi connectivity index (χ2v) is 19.9. The van der Waals surface area contributed by atoms with E-state index in [9.17, 15) is 14.4 Å². The van der Waals surface area contributed by atoms with Crippen LogP contribution in [0.5, 0.6) is 0 Å². The number of carbonyl (C=O) groups excluding carboxylic acids is 3. The summed E-state index contributed by atoms with van der Waals surface area (Å²) < 4.78 is 16.9. The standard InChI is InChI=1S/C62H112O6/c1-4-7-10-13-16-19-22-25-28-30-31-33-34-37-40-43-46-49-52-55-61(64)67-58-59(57-66-60(63)54-51-48-45-42-39-36-27-24-21-18-15-12-9-6-3)68-62(65)56-53-50-47-44-41-38-35-32-29-26-23-20-17-14-11-8-5-2/h16,19,24-25,27-28,31,33,59H,4-15,17-18,20-23,26,29-30,32,34-58H2,1-3H3/b19-16-,27-24-,28-25-,33-31-/t59-/m1/s1. The Hall–Kier alpha value is -2.63. The lowest BCUT2D eigenvalue weighted by molar-refractivity contribution is -0.167. The summed E-state index contributed by atoms with van der Waals surface area (Å²) in [6, 6.07) is 0. The minimum absolute atomic E-state index is 0.0788. The van der Waals surface area contributed by atoms with Crippen molar-refractivity contribution in [3.63, 3.8) is 0 Å². The minimum Gasteiger partial charge on any atom is -0.462 e. The Morgan fingerprint density at radius 2 is 0.529 bits per heavy atom. The van der Waals surface area contributed by atoms with Crippen LogP contribution in [0.2, 0.25) is 0 Å². The third-order valence-electron chi connectivity index (χ3n) is 13.1. The fraction of sp³-hybridized carbons (Fsp3) is 0.823. The molecular formula is C62H112O6. The number of esters is 3. The molecule has 0 unspecified atom stereocenters. The zero-order chi connectivity index (χ0) is 49.3. The third-order valence-corrected chi connectivity index (χ3v) is 13.1. The predicted octanol–water partition coefficient (Wildman–Crippen LogP) is 19.8. The van der Waals surface area contributed by atoms with E-state index in [1.165, 1.54) is 186 Å². The van der Waals surface area contributed by atoms with E-state index in [-0.39, 0.29) is 31.1 Å². The van der Waals surface area contributed by atoms with Gasteiger partial charge < -0.3 is 14.2 Å². The highest BCUT2D eigenvalue weighted by atomic mass is 16.6. The maximum absolute atomic E-state index is 12.9. The summed E-state index contributed by atoms with van der Waals surface area (Å²) in [4.78, 5) is 38.2. The second-order valence-electron chi connectivity index (χ2n) is 19.9. The molecule has 0 saturated heterocycles. The normalized spacial score (nSPS) is 12.3. The Kier molecular flexibility index (Phi) is 54.8. The van der Waals surface area contributed by atoms with Gasteiger partial charge in [-0.05, 0) is 83.5 Å². The van der Waals surface area contributed by atoms with Crippen molar-refractivity contribution in [3.05, 3.63) is 48.6 Å². The molecule has 0 aromatic rings. The van der Waals surface area contributed by atoms with Gasteiger partial charge in [-0.1, -0.05) is 256 Å². The fourth-order valence-electron chi connectivity index (χ4n) is 8.56. The Bertz CT molecular complexity index is 1190. The number of carbonyl (C=O) groups is 3. The van der Waals surface area contributed by atoms with Crippen LogP contribution in [0.25, 0.3) is 0 Å². The van der Waals surface area contributed by atoms with Crippen molar-refractivity contribution in [3.8, 4) is 0 Å². The largest absolute Gasteiger partial charge is 0.462 e. The first-order valence-electron chi connectivity index (χ1n) is 29.6. The van der Waals surface area contributed by atoms with Crippen LogP contribution in [0.3, 0.4) is 0 Å². The number of rotatable bonds is 54. The molecule has 0 aromatic carbocycles. The van der Waals surface area contributed by atoms with Crippen molar-refractivity contribution >= 4 is 17.9 Å². The zero-order valence-corrected chi connectivity index (χ0v) is 45.4. The Morgan fingerprint density at radius 1 is 0.294 bits per heavy atom. The number of hydrogen-bond acceptors (Lipinski definition) is 6. The van der Waals surface area contributed by atoms with E-state index in [2.05, 4.69) is 69.4 Å². The summed E-state index contributed by atoms with van der Waals surface area (Å²) in [5, 5.41) is 0. The average Bonchev–Trinajstić information content (AvgIpc) is 3.34. The summed E-state index contributed by atoms with van der Waals surface area (Å²) in [6.45, 7) is 6.62. The van der Waals surface area contributed by atoms with Gasteiger partial charge in [0.05, 0.1) is 0 Å². The number of unbranched alkanes of at least 4 members (excludes halogenated alkanes) is 35. The van der Waals surface area contributed by atoms with Crippen LogP contribution in [0.15, 0.2) is 48.6 Å². The highest BCUT2D eigenvalue weighted by Crippen LogP contribution is 2.16. The van der Waals surface area contributed by atoms with E-state index >= 15 is 0 Å². The van der Waals surface area contributed by atoms with Gasteiger partial charge in [0.2, 0.25) is 0 Å². The molecule has 0 amide bonds. The minimum atomic E-state index is -0.780. The SMILES string of the molecule is CCCCC/C=C\C/C=C\C/C=C\CCCCCCCCC(=O)OC[C@@H](COC(=O)CCCCCCC/C=C\CCCCCCC)OC(=O)CCCCCCCCCCCCCCCCCCC. The van der Waals surface area contributed by atoms with Gasteiger partial charge in [0.15, 0.2) is 6.10 Å². The summed E-state index contributed by atoms with van der Waals surface area (Å²) in [7, 11) is 0. The van der Waals surface area contributed by atoms with Crippen LogP contribution in [0.1, 0.15) is 310 Å². The van der Waals surface area contributed by atoms with E-state index in [0.717, 1.165) is 83.5 Å². The highest BCUT2D eigenvalue weighted by Gasteiger charge is 2.19. The average molecular weight is 954 g/mol. The molecule has 68 heavy (non-hydrogen) atoms. The molecule has 0 heterocycles. The highest BCUT2D eigenvalue weighted by molar-refractivity contribution is 5.71. The molecule has 0 rings (SSSR count). The van der Waals surface area contributed by atoms with E-state index in [1.54, 1.807) is 0 Å². The van der Waals surface area contributed by atoms with Gasteiger partial charge in [-0.15, -0.1) is 0 Å². The molecule has 0 fully saturated rings. The van der Waals surface area contributed by atoms with Crippen LogP contribution in [0, 0.1) is 0 Å². The van der Waals surface area contributed by atoms with E-state index < -0.39 is 6.10 Å². The first-order valence-corrected chi connectivity index (χ1v) is 29.6. The van der Waals surface area contributed by atoms with Gasteiger partial charge in [0.25, 0.3) is 0 Å². The molecule has 0 aliphatic rings. The lowest BCUT2D eigenvalue weighted by atomic mass is 10.0. The molecule has 396 valence electrons. The molecule has 0 spiro atoms. The van der Waals surface area contributed by atoms with Crippen LogP contribution < -0.4 is 0 Å². The molecule has 0 aromatic heterocycles. The monoisotopic (exact) mass is 953 g/mol. The molecule has 0 bridgehead atoms. The number of hydrogen-bond donors (Lipinski definition) is 0. The van der Waals surface area contributed by atoms with Gasteiger partial charge in [0.1, 0.15) is 13.2 Å². The molecule has 0 aliphatic heterocycles. The second kappa shape index (κ2) is 57.0. The summed E-state index contributed by atoms with van der Waals surface area (Å²) >= 11 is 0. The molecule has 6 heteroatoms. The topological polar surface area (TPSA) is 78.9 Å². The van der Waals surface area contributed by atoms with Crippen molar-refractivity contribution in [2.75, 3.05) is 13.2 Å². The molecular weight excluding hydrogens is 841 g/mol. The predicted molar refractivity (Wildman–Crippen MR) is 293 cm³/mol. The smallest absolute Gasteiger partial charge is 0.306 e. The zero-order valence-electron chi connectivity index (χ0n) is 45.4. The summed E-state index contributed by atoms with van der Waals surface area (Å²) in [5.74, 6) is -0.883. The summed E-state index contributed by atoms with van der Waals surface area (Å²) in [5.41, 5.74) is 0. The summed E-state index contributed by atoms with van der Waals surface area (Å²) in [6.07, 6.45) is 69.5. The molecule has 0 saturated carbocycles. The van der Waals surface area contributed by atoms with Crippen LogP contribution in [-0.4, -0.2) is 37.2 Å². The maximum atomic E-state index is 12.9. The first-order chi connectivity index (χ1) is 33.5. The van der Waals surface area contributed by atoms with Crippen LogP contribution >= 0.6 is 0 Å². The number of ether oxygens (including phenoxy) is 3. The first kappa shape index (κ1) is 65.4. The third kappa shape index (κ3) is 54.3. The van der Waals surface area contributed by atoms with Crippen molar-refractivity contribution < 1.29 is 28.6 Å². The lowest BCUT2D eigenvalue weighted by Gasteiger charge is -2.18. The van der Waals surface area contributed by atoms with Crippen LogP contribution in [0.4, 0.5) is 0 Å². The maximum Gasteiger partial charge on any atom is 0.306 e. The Morgan fingerprint density at radius 3 is 0.868 bits per heavy atom. The fourth-order valence-corrected chi connectivity index (χ4v) is 8.56. The quantitative estimate of drug-likeness (QED) is 0.0262. The van der Waals surface area contributed by atoms with Gasteiger partial charge >= 0.3 is 17.9 Å². The van der Waals surface area contributed by atoms with Gasteiger partial charge in [-0.3, -0.25) is 14.4 Å².